The van der Waals surface area contributed by atoms with Crippen LogP contribution in [0.3, 0.4) is 0 Å². The minimum atomic E-state index is -0.0692. The van der Waals surface area contributed by atoms with Crippen molar-refractivity contribution in [2.45, 2.75) is 58.1 Å². The number of hydrogen-bond donors (Lipinski definition) is 0. The van der Waals surface area contributed by atoms with Gasteiger partial charge in [-0.1, -0.05) is 60.7 Å². The first kappa shape index (κ1) is 20.6. The molecule has 3 rings (SSSR count). The molecule has 1 saturated heterocycles. The molecular weight excluding hydrogens is 346 g/mol. The lowest BCUT2D eigenvalue weighted by atomic mass is 9.75. The molecule has 0 saturated carbocycles. The Kier molecular flexibility index (Phi) is 6.90. The molecule has 3 heteroatoms. The SMILES string of the molecule is CC(=O)N(CC[C@@H](c1ccccc1)[C@@H]1CCOC(C)(C)C1)Cc1ccccc1. The van der Waals surface area contributed by atoms with Gasteiger partial charge in [-0.2, -0.15) is 0 Å². The lowest BCUT2D eigenvalue weighted by molar-refractivity contribution is -0.129. The summed E-state index contributed by atoms with van der Waals surface area (Å²) in [5.41, 5.74) is 2.50. The Balaban J connectivity index is 1.74. The summed E-state index contributed by atoms with van der Waals surface area (Å²) in [4.78, 5) is 14.3. The number of nitrogens with zero attached hydrogens (tertiary/aromatic N) is 1. The van der Waals surface area contributed by atoms with Crippen molar-refractivity contribution in [1.82, 2.24) is 4.90 Å². The van der Waals surface area contributed by atoms with Crippen molar-refractivity contribution >= 4 is 5.91 Å². The molecule has 1 heterocycles. The lowest BCUT2D eigenvalue weighted by Gasteiger charge is -2.40. The largest absolute Gasteiger partial charge is 0.376 e. The van der Waals surface area contributed by atoms with E-state index in [1.54, 1.807) is 6.92 Å². The van der Waals surface area contributed by atoms with E-state index < -0.39 is 0 Å². The standard InChI is InChI=1S/C25H33NO2/c1-20(27)26(19-21-10-6-4-7-11-21)16-14-24(22-12-8-5-9-13-22)23-15-17-28-25(2,3)18-23/h4-13,23-24H,14-19H2,1-3H3/t23-,24+/m1/s1. The zero-order chi connectivity index (χ0) is 20.0. The quantitative estimate of drug-likeness (QED) is 0.643. The maximum absolute atomic E-state index is 12.3. The van der Waals surface area contributed by atoms with Crippen LogP contribution < -0.4 is 0 Å². The predicted octanol–water partition coefficient (Wildman–Crippen LogP) is 5.41. The van der Waals surface area contributed by atoms with E-state index in [4.69, 9.17) is 4.74 Å². The number of benzene rings is 2. The first-order valence-corrected chi connectivity index (χ1v) is 10.4. The molecule has 2 aromatic carbocycles. The van der Waals surface area contributed by atoms with Crippen molar-refractivity contribution in [1.29, 1.82) is 0 Å². The van der Waals surface area contributed by atoms with Gasteiger partial charge in [-0.3, -0.25) is 4.79 Å². The second kappa shape index (κ2) is 9.38. The van der Waals surface area contributed by atoms with Crippen LogP contribution in [0.1, 0.15) is 57.1 Å². The molecule has 0 N–H and O–H groups in total. The van der Waals surface area contributed by atoms with Crippen LogP contribution in [0.25, 0.3) is 0 Å². The van der Waals surface area contributed by atoms with Gasteiger partial charge in [-0.15, -0.1) is 0 Å². The normalized spacial score (nSPS) is 19.8. The highest BCUT2D eigenvalue weighted by Gasteiger charge is 2.34. The second-order valence-corrected chi connectivity index (χ2v) is 8.59. The first-order valence-electron chi connectivity index (χ1n) is 10.4. The van der Waals surface area contributed by atoms with Crippen LogP contribution in [0, 0.1) is 5.92 Å². The Hall–Kier alpha value is -2.13. The average Bonchev–Trinajstić information content (AvgIpc) is 2.68. The van der Waals surface area contributed by atoms with Crippen LogP contribution in [0.2, 0.25) is 0 Å². The Morgan fingerprint density at radius 2 is 1.75 bits per heavy atom. The van der Waals surface area contributed by atoms with Crippen LogP contribution in [-0.2, 0) is 16.1 Å². The molecule has 2 aromatic rings. The van der Waals surface area contributed by atoms with E-state index >= 15 is 0 Å². The van der Waals surface area contributed by atoms with Crippen LogP contribution in [0.5, 0.6) is 0 Å². The van der Waals surface area contributed by atoms with Crippen molar-refractivity contribution in [2.75, 3.05) is 13.2 Å². The molecule has 0 aromatic heterocycles. The number of rotatable bonds is 7. The molecule has 150 valence electrons. The lowest BCUT2D eigenvalue weighted by Crippen LogP contribution is -2.37. The van der Waals surface area contributed by atoms with Crippen molar-refractivity contribution in [3.63, 3.8) is 0 Å². The van der Waals surface area contributed by atoms with Gasteiger partial charge in [0.05, 0.1) is 5.60 Å². The van der Waals surface area contributed by atoms with Gasteiger partial charge >= 0.3 is 0 Å². The van der Waals surface area contributed by atoms with Crippen LogP contribution in [-0.4, -0.2) is 29.6 Å². The molecule has 1 aliphatic heterocycles. The Morgan fingerprint density at radius 1 is 1.11 bits per heavy atom. The van der Waals surface area contributed by atoms with Gasteiger partial charge in [-0.05, 0) is 56.1 Å². The summed E-state index contributed by atoms with van der Waals surface area (Å²) in [5.74, 6) is 1.17. The highest BCUT2D eigenvalue weighted by atomic mass is 16.5. The average molecular weight is 380 g/mol. The van der Waals surface area contributed by atoms with E-state index in [0.717, 1.165) is 32.4 Å². The Bertz CT molecular complexity index is 742. The smallest absolute Gasteiger partial charge is 0.219 e. The van der Waals surface area contributed by atoms with Crippen molar-refractivity contribution in [3.8, 4) is 0 Å². The maximum atomic E-state index is 12.3. The van der Waals surface area contributed by atoms with Crippen molar-refractivity contribution in [3.05, 3.63) is 71.8 Å². The van der Waals surface area contributed by atoms with E-state index in [9.17, 15) is 4.79 Å². The van der Waals surface area contributed by atoms with Crippen LogP contribution >= 0.6 is 0 Å². The Labute approximate surface area is 169 Å². The third-order valence-corrected chi connectivity index (χ3v) is 5.90. The van der Waals surface area contributed by atoms with Crippen LogP contribution in [0.4, 0.5) is 0 Å². The molecule has 3 nitrogen and oxygen atoms in total. The van der Waals surface area contributed by atoms with Crippen LogP contribution in [0.15, 0.2) is 60.7 Å². The number of carbonyl (C=O) groups is 1. The molecule has 0 aliphatic carbocycles. The molecular formula is C25H33NO2. The molecule has 28 heavy (non-hydrogen) atoms. The van der Waals surface area contributed by atoms with Crippen molar-refractivity contribution < 1.29 is 9.53 Å². The van der Waals surface area contributed by atoms with Gasteiger partial charge in [0, 0.05) is 26.6 Å². The van der Waals surface area contributed by atoms with Gasteiger partial charge in [0.15, 0.2) is 0 Å². The monoisotopic (exact) mass is 379 g/mol. The molecule has 0 bridgehead atoms. The molecule has 1 amide bonds. The summed E-state index contributed by atoms with van der Waals surface area (Å²) in [5, 5.41) is 0. The Morgan fingerprint density at radius 3 is 2.36 bits per heavy atom. The molecule has 0 spiro atoms. The molecule has 1 aliphatic rings. The minimum Gasteiger partial charge on any atom is -0.376 e. The van der Waals surface area contributed by atoms with Gasteiger partial charge < -0.3 is 9.64 Å². The molecule has 2 atom stereocenters. The molecule has 1 fully saturated rings. The number of ether oxygens (including phenoxy) is 1. The number of amides is 1. The minimum absolute atomic E-state index is 0.0692. The van der Waals surface area contributed by atoms with E-state index in [2.05, 4.69) is 56.3 Å². The first-order chi connectivity index (χ1) is 13.4. The zero-order valence-electron chi connectivity index (χ0n) is 17.4. The number of carbonyl (C=O) groups excluding carboxylic acids is 1. The summed E-state index contributed by atoms with van der Waals surface area (Å²) in [6.45, 7) is 8.34. The van der Waals surface area contributed by atoms with E-state index in [-0.39, 0.29) is 11.5 Å². The summed E-state index contributed by atoms with van der Waals surface area (Å²) < 4.78 is 5.96. The third kappa shape index (κ3) is 5.68. The zero-order valence-corrected chi connectivity index (χ0v) is 17.4. The molecule has 0 radical (unpaired) electrons. The summed E-state index contributed by atoms with van der Waals surface area (Å²) >= 11 is 0. The highest BCUT2D eigenvalue weighted by molar-refractivity contribution is 5.73. The third-order valence-electron chi connectivity index (χ3n) is 5.90. The summed E-state index contributed by atoms with van der Waals surface area (Å²) in [6.07, 6.45) is 3.13. The molecule has 0 unspecified atom stereocenters. The van der Waals surface area contributed by atoms with Gasteiger partial charge in [0.1, 0.15) is 0 Å². The maximum Gasteiger partial charge on any atom is 0.219 e. The second-order valence-electron chi connectivity index (χ2n) is 8.59. The van der Waals surface area contributed by atoms with E-state index in [1.807, 2.05) is 23.1 Å². The fourth-order valence-electron chi connectivity index (χ4n) is 4.44. The van der Waals surface area contributed by atoms with E-state index in [0.29, 0.717) is 18.4 Å². The fourth-order valence-corrected chi connectivity index (χ4v) is 4.44. The predicted molar refractivity (Wildman–Crippen MR) is 114 cm³/mol. The van der Waals surface area contributed by atoms with Gasteiger partial charge in [0.25, 0.3) is 0 Å². The topological polar surface area (TPSA) is 29.5 Å². The highest BCUT2D eigenvalue weighted by Crippen LogP contribution is 2.40. The summed E-state index contributed by atoms with van der Waals surface area (Å²) in [6, 6.07) is 21.1. The van der Waals surface area contributed by atoms with Crippen molar-refractivity contribution in [2.24, 2.45) is 5.92 Å². The van der Waals surface area contributed by atoms with Gasteiger partial charge in [-0.25, -0.2) is 0 Å². The van der Waals surface area contributed by atoms with Gasteiger partial charge in [0.2, 0.25) is 5.91 Å². The van der Waals surface area contributed by atoms with E-state index in [1.165, 1.54) is 11.1 Å². The number of hydrogen-bond acceptors (Lipinski definition) is 2. The summed E-state index contributed by atoms with van der Waals surface area (Å²) in [7, 11) is 0. The fraction of sp³-hybridized carbons (Fsp3) is 0.480.